The van der Waals surface area contributed by atoms with Gasteiger partial charge >= 0.3 is 5.97 Å². The monoisotopic (exact) mass is 359 g/mol. The van der Waals surface area contributed by atoms with E-state index in [1.165, 1.54) is 6.08 Å². The summed E-state index contributed by atoms with van der Waals surface area (Å²) >= 11 is 0. The van der Waals surface area contributed by atoms with Crippen LogP contribution in [0.2, 0.25) is 0 Å². The third kappa shape index (κ3) is 4.61. The quantitative estimate of drug-likeness (QED) is 0.533. The van der Waals surface area contributed by atoms with E-state index in [1.807, 2.05) is 74.5 Å². The molecule has 0 unspecified atom stereocenters. The molecule has 0 spiro atoms. The Morgan fingerprint density at radius 1 is 0.963 bits per heavy atom. The van der Waals surface area contributed by atoms with Crippen LogP contribution in [0.4, 0.5) is 5.69 Å². The van der Waals surface area contributed by atoms with E-state index in [0.717, 1.165) is 33.2 Å². The van der Waals surface area contributed by atoms with E-state index in [-0.39, 0.29) is 12.5 Å². The molecule has 0 radical (unpaired) electrons. The Balaban J connectivity index is 1.58. The molecule has 0 heterocycles. The average molecular weight is 359 g/mol. The Morgan fingerprint density at radius 3 is 2.56 bits per heavy atom. The maximum absolute atomic E-state index is 12.0. The number of ether oxygens (including phenoxy) is 1. The van der Waals surface area contributed by atoms with Crippen molar-refractivity contribution in [1.29, 1.82) is 0 Å². The summed E-state index contributed by atoms with van der Waals surface area (Å²) in [6.45, 7) is 3.58. The highest BCUT2D eigenvalue weighted by Gasteiger charge is 2.08. The third-order valence-electron chi connectivity index (χ3n) is 4.45. The van der Waals surface area contributed by atoms with Crippen LogP contribution in [0.1, 0.15) is 16.7 Å². The maximum Gasteiger partial charge on any atom is 0.331 e. The van der Waals surface area contributed by atoms with Gasteiger partial charge in [0.05, 0.1) is 0 Å². The van der Waals surface area contributed by atoms with Crippen LogP contribution < -0.4 is 5.32 Å². The van der Waals surface area contributed by atoms with Crippen LogP contribution in [0.25, 0.3) is 16.8 Å². The number of nitrogens with one attached hydrogen (secondary N) is 1. The van der Waals surface area contributed by atoms with Crippen molar-refractivity contribution < 1.29 is 14.3 Å². The topological polar surface area (TPSA) is 55.4 Å². The minimum absolute atomic E-state index is 0.327. The van der Waals surface area contributed by atoms with Crippen molar-refractivity contribution in [2.75, 3.05) is 11.9 Å². The number of carbonyl (C=O) groups is 2. The molecule has 0 aliphatic carbocycles. The van der Waals surface area contributed by atoms with Crippen molar-refractivity contribution in [3.05, 3.63) is 83.4 Å². The SMILES string of the molecule is Cc1cccc(NC(=O)COC(=O)C=Cc2cccc3ccccc23)c1C. The van der Waals surface area contributed by atoms with Crippen molar-refractivity contribution in [2.24, 2.45) is 0 Å². The molecule has 3 aromatic carbocycles. The largest absolute Gasteiger partial charge is 0.452 e. The molecular weight excluding hydrogens is 338 g/mol. The second-order valence-corrected chi connectivity index (χ2v) is 6.31. The molecule has 0 fully saturated rings. The Morgan fingerprint density at radius 2 is 1.70 bits per heavy atom. The van der Waals surface area contributed by atoms with Gasteiger partial charge in [-0.3, -0.25) is 4.79 Å². The molecule has 4 nitrogen and oxygen atoms in total. The van der Waals surface area contributed by atoms with Crippen LogP contribution in [-0.4, -0.2) is 18.5 Å². The molecule has 3 aromatic rings. The van der Waals surface area contributed by atoms with Gasteiger partial charge < -0.3 is 10.1 Å². The molecule has 3 rings (SSSR count). The number of hydrogen-bond donors (Lipinski definition) is 1. The first kappa shape index (κ1) is 18.4. The number of esters is 1. The molecule has 0 aliphatic heterocycles. The van der Waals surface area contributed by atoms with E-state index in [1.54, 1.807) is 6.08 Å². The van der Waals surface area contributed by atoms with Crippen LogP contribution in [0.3, 0.4) is 0 Å². The van der Waals surface area contributed by atoms with Crippen molar-refractivity contribution in [3.63, 3.8) is 0 Å². The van der Waals surface area contributed by atoms with Gasteiger partial charge in [-0.15, -0.1) is 0 Å². The van der Waals surface area contributed by atoms with Crippen molar-refractivity contribution in [2.45, 2.75) is 13.8 Å². The Kier molecular flexibility index (Phi) is 5.67. The number of anilines is 1. The van der Waals surface area contributed by atoms with Gasteiger partial charge in [0.25, 0.3) is 5.91 Å². The molecule has 1 amide bonds. The predicted octanol–water partition coefficient (Wildman–Crippen LogP) is 4.65. The second-order valence-electron chi connectivity index (χ2n) is 6.31. The number of aryl methyl sites for hydroxylation is 1. The van der Waals surface area contributed by atoms with Gasteiger partial charge in [0.15, 0.2) is 6.61 Å². The molecule has 4 heteroatoms. The summed E-state index contributed by atoms with van der Waals surface area (Å²) in [5.41, 5.74) is 3.73. The lowest BCUT2D eigenvalue weighted by atomic mass is 10.0. The fraction of sp³-hybridized carbons (Fsp3) is 0.130. The zero-order valence-electron chi connectivity index (χ0n) is 15.4. The van der Waals surface area contributed by atoms with Crippen LogP contribution in [0.5, 0.6) is 0 Å². The zero-order valence-corrected chi connectivity index (χ0v) is 15.4. The van der Waals surface area contributed by atoms with Gasteiger partial charge in [-0.05, 0) is 53.5 Å². The lowest BCUT2D eigenvalue weighted by molar-refractivity contribution is -0.142. The number of rotatable bonds is 5. The summed E-state index contributed by atoms with van der Waals surface area (Å²) < 4.78 is 5.04. The highest BCUT2D eigenvalue weighted by molar-refractivity contribution is 5.97. The van der Waals surface area contributed by atoms with Crippen LogP contribution >= 0.6 is 0 Å². The van der Waals surface area contributed by atoms with Gasteiger partial charge in [-0.1, -0.05) is 54.6 Å². The van der Waals surface area contributed by atoms with Gasteiger partial charge in [-0.25, -0.2) is 4.79 Å². The summed E-state index contributed by atoms with van der Waals surface area (Å²) in [6.07, 6.45) is 3.04. The first-order valence-corrected chi connectivity index (χ1v) is 8.73. The van der Waals surface area contributed by atoms with E-state index in [2.05, 4.69) is 5.32 Å². The van der Waals surface area contributed by atoms with E-state index in [9.17, 15) is 9.59 Å². The van der Waals surface area contributed by atoms with Crippen molar-refractivity contribution in [3.8, 4) is 0 Å². The van der Waals surface area contributed by atoms with Gasteiger partial charge in [0.2, 0.25) is 0 Å². The molecule has 0 saturated heterocycles. The van der Waals surface area contributed by atoms with E-state index < -0.39 is 5.97 Å². The predicted molar refractivity (Wildman–Crippen MR) is 108 cm³/mol. The van der Waals surface area contributed by atoms with E-state index in [0.29, 0.717) is 0 Å². The minimum atomic E-state index is -0.556. The smallest absolute Gasteiger partial charge is 0.331 e. The Bertz CT molecular complexity index is 1020. The summed E-state index contributed by atoms with van der Waals surface area (Å²) in [5.74, 6) is -0.922. The molecule has 0 aliphatic rings. The van der Waals surface area contributed by atoms with Crippen LogP contribution in [-0.2, 0) is 14.3 Å². The number of benzene rings is 3. The number of hydrogen-bond acceptors (Lipinski definition) is 3. The summed E-state index contributed by atoms with van der Waals surface area (Å²) in [6, 6.07) is 19.5. The van der Waals surface area contributed by atoms with Gasteiger partial charge in [0, 0.05) is 11.8 Å². The normalized spacial score (nSPS) is 10.9. The molecule has 1 N–H and O–H groups in total. The molecule has 0 bridgehead atoms. The fourth-order valence-electron chi connectivity index (χ4n) is 2.81. The maximum atomic E-state index is 12.0. The van der Waals surface area contributed by atoms with Crippen LogP contribution in [0, 0.1) is 13.8 Å². The van der Waals surface area contributed by atoms with E-state index >= 15 is 0 Å². The number of fused-ring (bicyclic) bond motifs is 1. The first-order chi connectivity index (χ1) is 13.0. The summed E-state index contributed by atoms with van der Waals surface area (Å²) in [4.78, 5) is 24.0. The number of carbonyl (C=O) groups excluding carboxylic acids is 2. The van der Waals surface area contributed by atoms with Gasteiger partial charge in [-0.2, -0.15) is 0 Å². The number of amides is 1. The van der Waals surface area contributed by atoms with Gasteiger partial charge in [0.1, 0.15) is 0 Å². The highest BCUT2D eigenvalue weighted by atomic mass is 16.5. The van der Waals surface area contributed by atoms with Crippen molar-refractivity contribution >= 4 is 34.4 Å². The molecular formula is C23H21NO3. The lowest BCUT2D eigenvalue weighted by Crippen LogP contribution is -2.20. The average Bonchev–Trinajstić information content (AvgIpc) is 2.68. The zero-order chi connectivity index (χ0) is 19.2. The fourth-order valence-corrected chi connectivity index (χ4v) is 2.81. The molecule has 136 valence electrons. The molecule has 0 saturated carbocycles. The first-order valence-electron chi connectivity index (χ1n) is 8.73. The van der Waals surface area contributed by atoms with Crippen LogP contribution in [0.15, 0.2) is 66.7 Å². The second kappa shape index (κ2) is 8.32. The Hall–Kier alpha value is -3.40. The highest BCUT2D eigenvalue weighted by Crippen LogP contribution is 2.20. The van der Waals surface area contributed by atoms with Crippen molar-refractivity contribution in [1.82, 2.24) is 0 Å². The third-order valence-corrected chi connectivity index (χ3v) is 4.45. The summed E-state index contributed by atoms with van der Waals surface area (Å²) in [7, 11) is 0. The minimum Gasteiger partial charge on any atom is -0.452 e. The lowest BCUT2D eigenvalue weighted by Gasteiger charge is -2.10. The standard InChI is InChI=1S/C23H21NO3/c1-16-7-5-12-21(17(16)2)24-22(25)15-27-23(26)14-13-19-10-6-9-18-8-3-4-11-20(18)19/h3-14H,15H2,1-2H3,(H,24,25). The molecule has 27 heavy (non-hydrogen) atoms. The van der Waals surface area contributed by atoms with E-state index in [4.69, 9.17) is 4.74 Å². The molecule has 0 atom stereocenters. The molecule has 0 aromatic heterocycles. The Labute approximate surface area is 158 Å². The summed E-state index contributed by atoms with van der Waals surface area (Å²) in [5, 5.41) is 4.91.